The van der Waals surface area contributed by atoms with E-state index in [2.05, 4.69) is 32.8 Å². The first-order valence-corrected chi connectivity index (χ1v) is 5.17. The highest BCUT2D eigenvalue weighted by atomic mass is 15.0. The molecule has 1 atom stereocenters. The van der Waals surface area contributed by atoms with Crippen molar-refractivity contribution in [3.05, 3.63) is 0 Å². The second-order valence-corrected chi connectivity index (χ2v) is 5.19. The van der Waals surface area contributed by atoms with Gasteiger partial charge in [-0.25, -0.2) is 0 Å². The number of hydrogen-bond acceptors (Lipinski definition) is 1. The summed E-state index contributed by atoms with van der Waals surface area (Å²) in [6.07, 6.45) is 5.72. The van der Waals surface area contributed by atoms with Gasteiger partial charge in [0.2, 0.25) is 0 Å². The van der Waals surface area contributed by atoms with Crippen molar-refractivity contribution >= 4 is 0 Å². The average Bonchev–Trinajstić information content (AvgIpc) is 2.51. The Bertz CT molecular complexity index is 138. The minimum absolute atomic E-state index is 0.693. The first kappa shape index (κ1) is 10.0. The molecule has 0 aromatic rings. The Morgan fingerprint density at radius 3 is 2.25 bits per heavy atom. The molecule has 1 aliphatic rings. The molecular formula is C11H23N. The minimum atomic E-state index is 0.693. The van der Waals surface area contributed by atoms with Crippen LogP contribution in [0.2, 0.25) is 0 Å². The summed E-state index contributed by atoms with van der Waals surface area (Å²) in [6, 6.07) is 0. The summed E-state index contributed by atoms with van der Waals surface area (Å²) in [7, 11) is 4.31. The fourth-order valence-corrected chi connectivity index (χ4v) is 1.89. The molecule has 0 bridgehead atoms. The van der Waals surface area contributed by atoms with Crippen LogP contribution in [0.15, 0.2) is 0 Å². The Kier molecular flexibility index (Phi) is 3.16. The van der Waals surface area contributed by atoms with Gasteiger partial charge in [-0.2, -0.15) is 0 Å². The van der Waals surface area contributed by atoms with Gasteiger partial charge in [0.15, 0.2) is 0 Å². The van der Waals surface area contributed by atoms with Gasteiger partial charge in [-0.05, 0) is 51.2 Å². The molecule has 0 radical (unpaired) electrons. The quantitative estimate of drug-likeness (QED) is 0.572. The van der Waals surface area contributed by atoms with Crippen LogP contribution in [-0.4, -0.2) is 25.5 Å². The average molecular weight is 169 g/mol. The fourth-order valence-electron chi connectivity index (χ4n) is 1.89. The van der Waals surface area contributed by atoms with Crippen LogP contribution in [0.3, 0.4) is 0 Å². The van der Waals surface area contributed by atoms with Crippen molar-refractivity contribution in [3.8, 4) is 0 Å². The lowest BCUT2D eigenvalue weighted by Crippen LogP contribution is -2.12. The maximum absolute atomic E-state index is 2.39. The molecule has 1 nitrogen and oxygen atoms in total. The van der Waals surface area contributed by atoms with Gasteiger partial charge in [-0.3, -0.25) is 0 Å². The highest BCUT2D eigenvalue weighted by Gasteiger charge is 2.44. The van der Waals surface area contributed by atoms with Crippen molar-refractivity contribution in [2.24, 2.45) is 11.3 Å². The molecule has 0 amide bonds. The summed E-state index contributed by atoms with van der Waals surface area (Å²) in [5.41, 5.74) is 0.693. The summed E-state index contributed by atoms with van der Waals surface area (Å²) < 4.78 is 0. The predicted octanol–water partition coefficient (Wildman–Crippen LogP) is 2.76. The molecule has 0 N–H and O–H groups in total. The van der Waals surface area contributed by atoms with E-state index < -0.39 is 0 Å². The van der Waals surface area contributed by atoms with Crippen LogP contribution in [0, 0.1) is 11.3 Å². The third-order valence-corrected chi connectivity index (χ3v) is 3.13. The van der Waals surface area contributed by atoms with Crippen LogP contribution in [0.25, 0.3) is 0 Å². The van der Waals surface area contributed by atoms with Crippen molar-refractivity contribution in [2.45, 2.75) is 39.5 Å². The number of unbranched alkanes of at least 4 members (excludes halogenated alkanes) is 1. The molecule has 1 rings (SSSR count). The zero-order valence-electron chi connectivity index (χ0n) is 9.06. The van der Waals surface area contributed by atoms with Gasteiger partial charge in [-0.15, -0.1) is 0 Å². The lowest BCUT2D eigenvalue weighted by molar-refractivity contribution is 0.384. The van der Waals surface area contributed by atoms with Gasteiger partial charge in [0.25, 0.3) is 0 Å². The van der Waals surface area contributed by atoms with Crippen LogP contribution >= 0.6 is 0 Å². The highest BCUT2D eigenvalue weighted by Crippen LogP contribution is 2.54. The van der Waals surface area contributed by atoms with Crippen LogP contribution < -0.4 is 0 Å². The lowest BCUT2D eigenvalue weighted by Gasteiger charge is -2.08. The number of rotatable bonds is 5. The van der Waals surface area contributed by atoms with Gasteiger partial charge in [0.05, 0.1) is 0 Å². The second-order valence-electron chi connectivity index (χ2n) is 5.19. The van der Waals surface area contributed by atoms with Crippen LogP contribution in [-0.2, 0) is 0 Å². The zero-order chi connectivity index (χ0) is 9.19. The molecule has 1 fully saturated rings. The lowest BCUT2D eigenvalue weighted by atomic mass is 10.1. The molecule has 12 heavy (non-hydrogen) atoms. The predicted molar refractivity (Wildman–Crippen MR) is 54.3 cm³/mol. The van der Waals surface area contributed by atoms with Gasteiger partial charge in [0.1, 0.15) is 0 Å². The van der Waals surface area contributed by atoms with Gasteiger partial charge >= 0.3 is 0 Å². The Morgan fingerprint density at radius 2 is 1.83 bits per heavy atom. The molecule has 0 spiro atoms. The molecule has 1 heteroatoms. The van der Waals surface area contributed by atoms with Crippen LogP contribution in [0.4, 0.5) is 0 Å². The molecule has 1 aliphatic carbocycles. The van der Waals surface area contributed by atoms with E-state index in [4.69, 9.17) is 0 Å². The molecule has 0 aromatic heterocycles. The number of nitrogens with zero attached hydrogens (tertiary/aromatic N) is 1. The molecule has 72 valence electrons. The van der Waals surface area contributed by atoms with Crippen LogP contribution in [0.1, 0.15) is 39.5 Å². The summed E-state index contributed by atoms with van der Waals surface area (Å²) in [5, 5.41) is 0. The minimum Gasteiger partial charge on any atom is -0.309 e. The topological polar surface area (TPSA) is 3.24 Å². The Hall–Kier alpha value is -0.0400. The third kappa shape index (κ3) is 3.14. The van der Waals surface area contributed by atoms with Crippen molar-refractivity contribution in [2.75, 3.05) is 20.6 Å². The molecule has 0 saturated heterocycles. The van der Waals surface area contributed by atoms with Gasteiger partial charge in [0, 0.05) is 0 Å². The van der Waals surface area contributed by atoms with E-state index in [1.165, 1.54) is 32.2 Å². The smallest absolute Gasteiger partial charge is 0.00248 e. The molecule has 0 heterocycles. The monoisotopic (exact) mass is 169 g/mol. The van der Waals surface area contributed by atoms with Crippen molar-refractivity contribution in [1.29, 1.82) is 0 Å². The second kappa shape index (κ2) is 3.78. The Labute approximate surface area is 77.1 Å². The van der Waals surface area contributed by atoms with Crippen molar-refractivity contribution < 1.29 is 0 Å². The van der Waals surface area contributed by atoms with Gasteiger partial charge < -0.3 is 4.90 Å². The van der Waals surface area contributed by atoms with E-state index in [1.54, 1.807) is 0 Å². The summed E-state index contributed by atoms with van der Waals surface area (Å²) >= 11 is 0. The summed E-state index contributed by atoms with van der Waals surface area (Å²) in [6.45, 7) is 6.04. The summed E-state index contributed by atoms with van der Waals surface area (Å²) in [4.78, 5) is 2.28. The van der Waals surface area contributed by atoms with Crippen molar-refractivity contribution in [1.82, 2.24) is 4.90 Å². The Morgan fingerprint density at radius 1 is 1.25 bits per heavy atom. The highest BCUT2D eigenvalue weighted by molar-refractivity contribution is 4.94. The van der Waals surface area contributed by atoms with E-state index in [9.17, 15) is 0 Å². The van der Waals surface area contributed by atoms with Gasteiger partial charge in [-0.1, -0.05) is 20.3 Å². The van der Waals surface area contributed by atoms with Crippen molar-refractivity contribution in [3.63, 3.8) is 0 Å². The first-order chi connectivity index (χ1) is 5.52. The van der Waals surface area contributed by atoms with E-state index in [0.717, 1.165) is 5.92 Å². The molecule has 0 aliphatic heterocycles. The third-order valence-electron chi connectivity index (χ3n) is 3.13. The van der Waals surface area contributed by atoms with E-state index >= 15 is 0 Å². The van der Waals surface area contributed by atoms with E-state index in [1.807, 2.05) is 0 Å². The maximum Gasteiger partial charge on any atom is -0.00248 e. The van der Waals surface area contributed by atoms with Crippen LogP contribution in [0.5, 0.6) is 0 Å². The standard InChI is InChI=1S/C11H23N/c1-11(2)9-10(11)7-5-6-8-12(3)4/h10H,5-9H2,1-4H3. The molecule has 1 unspecified atom stereocenters. The molecule has 0 aromatic carbocycles. The maximum atomic E-state index is 2.39. The van der Waals surface area contributed by atoms with E-state index in [-0.39, 0.29) is 0 Å². The Balaban J connectivity index is 1.91. The zero-order valence-corrected chi connectivity index (χ0v) is 9.06. The normalized spacial score (nSPS) is 26.2. The first-order valence-electron chi connectivity index (χ1n) is 5.17. The largest absolute Gasteiger partial charge is 0.309 e. The van der Waals surface area contributed by atoms with E-state index in [0.29, 0.717) is 5.41 Å². The SMILES string of the molecule is CN(C)CCCCC1CC1(C)C. The molecular weight excluding hydrogens is 146 g/mol. The summed E-state index contributed by atoms with van der Waals surface area (Å²) in [5.74, 6) is 1.04. The molecule has 1 saturated carbocycles. The fraction of sp³-hybridized carbons (Fsp3) is 1.00. The number of hydrogen-bond donors (Lipinski definition) is 0.